The van der Waals surface area contributed by atoms with Crippen molar-refractivity contribution in [2.75, 3.05) is 23.0 Å². The zero-order chi connectivity index (χ0) is 24.6. The number of para-hydroxylation sites is 1. The number of halogens is 2. The van der Waals surface area contributed by atoms with E-state index in [1.54, 1.807) is 36.4 Å². The lowest BCUT2D eigenvalue weighted by Gasteiger charge is -2.08. The van der Waals surface area contributed by atoms with Crippen LogP contribution in [0.3, 0.4) is 0 Å². The van der Waals surface area contributed by atoms with Gasteiger partial charge in [-0.1, -0.05) is 47.5 Å². The molecule has 2 amide bonds. The van der Waals surface area contributed by atoms with Crippen molar-refractivity contribution in [1.29, 1.82) is 0 Å². The number of benzene rings is 3. The van der Waals surface area contributed by atoms with Crippen molar-refractivity contribution in [2.24, 2.45) is 0 Å². The summed E-state index contributed by atoms with van der Waals surface area (Å²) in [6.07, 6.45) is 0. The third-order valence-corrected chi connectivity index (χ3v) is 7.10. The van der Waals surface area contributed by atoms with Crippen LogP contribution in [-0.4, -0.2) is 29.2 Å². The number of carbonyl (C=O) groups is 2. The summed E-state index contributed by atoms with van der Waals surface area (Å²) in [7, 11) is 0. The predicted molar refractivity (Wildman–Crippen MR) is 144 cm³/mol. The number of aromatic nitrogens is 1. The van der Waals surface area contributed by atoms with Crippen molar-refractivity contribution < 1.29 is 14.3 Å². The van der Waals surface area contributed by atoms with Crippen LogP contribution in [0, 0.1) is 0 Å². The van der Waals surface area contributed by atoms with Gasteiger partial charge >= 0.3 is 0 Å². The largest absolute Gasteiger partial charge is 0.484 e. The molecular weight excluding hydrogens is 525 g/mol. The van der Waals surface area contributed by atoms with Gasteiger partial charge in [0, 0.05) is 21.5 Å². The second-order valence-electron chi connectivity index (χ2n) is 7.18. The second-order valence-corrected chi connectivity index (χ2v) is 9.90. The summed E-state index contributed by atoms with van der Waals surface area (Å²) < 4.78 is 5.44. The molecule has 0 aliphatic heterocycles. The number of rotatable bonds is 9. The van der Waals surface area contributed by atoms with Gasteiger partial charge in [-0.05, 0) is 48.5 Å². The van der Waals surface area contributed by atoms with E-state index in [0.717, 1.165) is 10.5 Å². The molecule has 0 spiro atoms. The second kappa shape index (κ2) is 12.1. The van der Waals surface area contributed by atoms with E-state index >= 15 is 0 Å². The van der Waals surface area contributed by atoms with Crippen molar-refractivity contribution in [1.82, 2.24) is 4.98 Å². The van der Waals surface area contributed by atoms with Crippen molar-refractivity contribution in [3.05, 3.63) is 88.2 Å². The number of anilines is 2. The highest BCUT2D eigenvalue weighted by Gasteiger charge is 2.10. The summed E-state index contributed by atoms with van der Waals surface area (Å²) in [4.78, 5) is 29.8. The minimum absolute atomic E-state index is 0.0792. The van der Waals surface area contributed by atoms with E-state index in [4.69, 9.17) is 27.9 Å². The van der Waals surface area contributed by atoms with E-state index in [0.29, 0.717) is 32.3 Å². The van der Waals surface area contributed by atoms with Crippen molar-refractivity contribution in [3.8, 4) is 17.0 Å². The summed E-state index contributed by atoms with van der Waals surface area (Å²) in [6, 6.07) is 21.7. The third-order valence-electron chi connectivity index (χ3n) is 4.59. The molecule has 4 aromatic rings. The Morgan fingerprint density at radius 1 is 0.914 bits per heavy atom. The molecular formula is C25H19Cl2N3O3S2. The molecule has 0 aliphatic rings. The fourth-order valence-electron chi connectivity index (χ4n) is 2.92. The zero-order valence-corrected chi connectivity index (χ0v) is 21.3. The van der Waals surface area contributed by atoms with E-state index in [-0.39, 0.29) is 24.2 Å². The Kier molecular flexibility index (Phi) is 8.65. The first-order valence-electron chi connectivity index (χ1n) is 10.4. The van der Waals surface area contributed by atoms with E-state index in [9.17, 15) is 9.59 Å². The minimum atomic E-state index is -0.252. The van der Waals surface area contributed by atoms with Gasteiger partial charge in [0.2, 0.25) is 5.91 Å². The van der Waals surface area contributed by atoms with Crippen LogP contribution in [0.15, 0.2) is 83.1 Å². The molecule has 0 bridgehead atoms. The number of carbonyl (C=O) groups excluding carboxylic acids is 2. The van der Waals surface area contributed by atoms with Crippen LogP contribution in [-0.2, 0) is 9.59 Å². The highest BCUT2D eigenvalue weighted by Crippen LogP contribution is 2.30. The number of thioether (sulfide) groups is 1. The van der Waals surface area contributed by atoms with Gasteiger partial charge in [-0.3, -0.25) is 9.59 Å². The van der Waals surface area contributed by atoms with Gasteiger partial charge in [-0.2, -0.15) is 0 Å². The highest BCUT2D eigenvalue weighted by atomic mass is 35.5. The normalized spacial score (nSPS) is 10.6. The first kappa shape index (κ1) is 25.1. The SMILES string of the molecule is O=C(COc1ccccc1)Nc1ccc(SCC(=O)Nc2nc(-c3ccc(Cl)c(Cl)c3)cs2)cc1. The Hall–Kier alpha value is -3.04. The molecule has 4 rings (SSSR count). The Bertz CT molecular complexity index is 1320. The lowest BCUT2D eigenvalue weighted by Crippen LogP contribution is -2.20. The number of ether oxygens (including phenoxy) is 1. The van der Waals surface area contributed by atoms with Crippen molar-refractivity contribution >= 4 is 68.9 Å². The molecule has 6 nitrogen and oxygen atoms in total. The molecule has 0 radical (unpaired) electrons. The van der Waals surface area contributed by atoms with Crippen molar-refractivity contribution in [2.45, 2.75) is 4.90 Å². The topological polar surface area (TPSA) is 80.3 Å². The summed E-state index contributed by atoms with van der Waals surface area (Å²) in [5.41, 5.74) is 2.19. The van der Waals surface area contributed by atoms with Crippen molar-refractivity contribution in [3.63, 3.8) is 0 Å². The lowest BCUT2D eigenvalue weighted by molar-refractivity contribution is -0.118. The maximum absolute atomic E-state index is 12.4. The molecule has 0 unspecified atom stereocenters. The maximum Gasteiger partial charge on any atom is 0.262 e. The van der Waals surface area contributed by atoms with Crippen LogP contribution in [0.1, 0.15) is 0 Å². The van der Waals surface area contributed by atoms with Crippen LogP contribution in [0.2, 0.25) is 10.0 Å². The minimum Gasteiger partial charge on any atom is -0.484 e. The molecule has 2 N–H and O–H groups in total. The molecule has 0 saturated carbocycles. The molecule has 0 atom stereocenters. The molecule has 0 fully saturated rings. The first-order chi connectivity index (χ1) is 17.0. The summed E-state index contributed by atoms with van der Waals surface area (Å²) >= 11 is 14.8. The van der Waals surface area contributed by atoms with Gasteiger partial charge in [-0.15, -0.1) is 23.1 Å². The average molecular weight is 544 g/mol. The fraction of sp³-hybridized carbons (Fsp3) is 0.0800. The molecule has 0 aliphatic carbocycles. The lowest BCUT2D eigenvalue weighted by atomic mass is 10.2. The maximum atomic E-state index is 12.4. The number of hydrogen-bond acceptors (Lipinski definition) is 6. The molecule has 3 aromatic carbocycles. The van der Waals surface area contributed by atoms with Crippen LogP contribution in [0.5, 0.6) is 5.75 Å². The van der Waals surface area contributed by atoms with E-state index in [2.05, 4.69) is 15.6 Å². The Morgan fingerprint density at radius 2 is 1.69 bits per heavy atom. The van der Waals surface area contributed by atoms with Crippen LogP contribution in [0.25, 0.3) is 11.3 Å². The number of nitrogens with one attached hydrogen (secondary N) is 2. The molecule has 178 valence electrons. The molecule has 35 heavy (non-hydrogen) atoms. The number of thiazole rings is 1. The van der Waals surface area contributed by atoms with Gasteiger partial charge in [0.05, 0.1) is 21.5 Å². The predicted octanol–water partition coefficient (Wildman–Crippen LogP) is 6.87. The quantitative estimate of drug-likeness (QED) is 0.225. The van der Waals surface area contributed by atoms with Crippen LogP contribution in [0.4, 0.5) is 10.8 Å². The molecule has 0 saturated heterocycles. The van der Waals surface area contributed by atoms with E-state index in [1.807, 2.05) is 41.8 Å². The van der Waals surface area contributed by atoms with Gasteiger partial charge in [0.25, 0.3) is 5.91 Å². The number of hydrogen-bond donors (Lipinski definition) is 2. The first-order valence-corrected chi connectivity index (χ1v) is 13.0. The van der Waals surface area contributed by atoms with Crippen LogP contribution >= 0.6 is 46.3 Å². The molecule has 1 aromatic heterocycles. The Balaban J connectivity index is 1.22. The molecule has 10 heteroatoms. The average Bonchev–Trinajstić information content (AvgIpc) is 3.33. The zero-order valence-electron chi connectivity index (χ0n) is 18.2. The molecule has 1 heterocycles. The number of amides is 2. The Morgan fingerprint density at radius 3 is 2.43 bits per heavy atom. The van der Waals surface area contributed by atoms with Crippen LogP contribution < -0.4 is 15.4 Å². The monoisotopic (exact) mass is 543 g/mol. The van der Waals surface area contributed by atoms with Gasteiger partial charge in [-0.25, -0.2) is 4.98 Å². The summed E-state index contributed by atoms with van der Waals surface area (Å²) in [6.45, 7) is -0.0792. The standard InChI is InChI=1S/C25H19Cl2N3O3S2/c26-20-11-6-16(12-21(20)27)22-14-35-25(29-22)30-24(32)15-34-19-9-7-17(8-10-19)28-23(31)13-33-18-4-2-1-3-5-18/h1-12,14H,13,15H2,(H,28,31)(H,29,30,32). The van der Waals surface area contributed by atoms with Gasteiger partial charge in [0.1, 0.15) is 5.75 Å². The number of nitrogens with zero attached hydrogens (tertiary/aromatic N) is 1. The van der Waals surface area contributed by atoms with Gasteiger partial charge in [0.15, 0.2) is 11.7 Å². The highest BCUT2D eigenvalue weighted by molar-refractivity contribution is 8.00. The summed E-state index contributed by atoms with van der Waals surface area (Å²) in [5, 5.41) is 8.87. The smallest absolute Gasteiger partial charge is 0.262 e. The van der Waals surface area contributed by atoms with E-state index < -0.39 is 0 Å². The fourth-order valence-corrected chi connectivity index (χ4v) is 4.65. The van der Waals surface area contributed by atoms with Gasteiger partial charge < -0.3 is 15.4 Å². The summed E-state index contributed by atoms with van der Waals surface area (Å²) in [5.74, 6) is 0.437. The Labute approximate surface area is 220 Å². The third kappa shape index (κ3) is 7.47. The van der Waals surface area contributed by atoms with E-state index in [1.165, 1.54) is 23.1 Å².